The summed E-state index contributed by atoms with van der Waals surface area (Å²) in [5.74, 6) is -1.80. The van der Waals surface area contributed by atoms with Crippen LogP contribution in [0, 0.1) is 11.3 Å². The molecule has 1 fully saturated rings. The fourth-order valence-electron chi connectivity index (χ4n) is 5.15. The Morgan fingerprint density at radius 3 is 2.41 bits per heavy atom. The number of amides is 2. The molecule has 1 heterocycles. The van der Waals surface area contributed by atoms with Gasteiger partial charge in [-0.05, 0) is 60.6 Å². The van der Waals surface area contributed by atoms with Crippen molar-refractivity contribution in [2.24, 2.45) is 11.7 Å². The zero-order valence-electron chi connectivity index (χ0n) is 21.8. The number of likely N-dealkylation sites (tertiary alicyclic amines) is 1. The van der Waals surface area contributed by atoms with Crippen molar-refractivity contribution in [2.45, 2.75) is 38.1 Å². The number of carbonyl (C=O) groups is 3. The average Bonchev–Trinajstić information content (AvgIpc) is 3.22. The number of carboxylic acid groups (broad SMARTS) is 1. The van der Waals surface area contributed by atoms with Crippen LogP contribution in [0.15, 0.2) is 78.9 Å². The summed E-state index contributed by atoms with van der Waals surface area (Å²) < 4.78 is 0. The van der Waals surface area contributed by atoms with Gasteiger partial charge in [0.25, 0.3) is 5.91 Å². The minimum atomic E-state index is -0.969. The predicted octanol–water partition coefficient (Wildman–Crippen LogP) is 4.08. The molecule has 0 spiro atoms. The number of amidine groups is 1. The first-order chi connectivity index (χ1) is 18.8. The van der Waals surface area contributed by atoms with E-state index in [2.05, 4.69) is 17.4 Å². The van der Waals surface area contributed by atoms with Crippen LogP contribution >= 0.6 is 0 Å². The Labute approximate surface area is 228 Å². The van der Waals surface area contributed by atoms with Gasteiger partial charge in [-0.2, -0.15) is 0 Å². The van der Waals surface area contributed by atoms with E-state index in [9.17, 15) is 19.5 Å². The lowest BCUT2D eigenvalue weighted by Gasteiger charge is -2.25. The lowest BCUT2D eigenvalue weighted by atomic mass is 10.00. The Bertz CT molecular complexity index is 1320. The van der Waals surface area contributed by atoms with Gasteiger partial charge in [0.1, 0.15) is 5.84 Å². The van der Waals surface area contributed by atoms with Crippen LogP contribution < -0.4 is 11.1 Å². The molecule has 0 unspecified atom stereocenters. The first-order valence-corrected chi connectivity index (χ1v) is 13.2. The van der Waals surface area contributed by atoms with E-state index in [0.717, 1.165) is 24.0 Å². The third-order valence-corrected chi connectivity index (χ3v) is 7.18. The summed E-state index contributed by atoms with van der Waals surface area (Å²) in [4.78, 5) is 38.9. The highest BCUT2D eigenvalue weighted by molar-refractivity contribution is 5.97. The topological polar surface area (TPSA) is 137 Å². The SMILES string of the molecule is N=C(N)c1cccc(-c2ccc(C(=O)NCC[C@@H]3C[C@@H](CC(=O)O)C(=O)N3CCCc3ccccc3)cc2)c1. The van der Waals surface area contributed by atoms with Gasteiger partial charge < -0.3 is 21.1 Å². The molecule has 0 aliphatic carbocycles. The number of hydrogen-bond acceptors (Lipinski definition) is 4. The van der Waals surface area contributed by atoms with E-state index in [1.54, 1.807) is 18.2 Å². The van der Waals surface area contributed by atoms with Crippen molar-refractivity contribution in [3.05, 3.63) is 95.6 Å². The number of nitrogens with one attached hydrogen (secondary N) is 2. The Morgan fingerprint density at radius 2 is 1.72 bits per heavy atom. The van der Waals surface area contributed by atoms with Crippen molar-refractivity contribution < 1.29 is 19.5 Å². The smallest absolute Gasteiger partial charge is 0.304 e. The third kappa shape index (κ3) is 7.31. The number of benzene rings is 3. The van der Waals surface area contributed by atoms with Gasteiger partial charge in [-0.25, -0.2) is 0 Å². The van der Waals surface area contributed by atoms with E-state index in [4.69, 9.17) is 11.1 Å². The standard InChI is InChI=1S/C31H34N4O4/c32-29(33)25-10-4-9-24(18-25)22-11-13-23(14-12-22)30(38)34-16-15-27-19-26(20-28(36)37)31(39)35(27)17-5-8-21-6-2-1-3-7-21/h1-4,6-7,9-14,18,26-27H,5,8,15-17,19-20H2,(H3,32,33)(H,34,38)(H,36,37)/t26-,27+/m0/s1. The molecule has 2 atom stereocenters. The number of carbonyl (C=O) groups excluding carboxylic acids is 2. The minimum absolute atomic E-state index is 0.000789. The second-order valence-electron chi connectivity index (χ2n) is 9.92. The maximum absolute atomic E-state index is 13.0. The molecule has 1 saturated heterocycles. The van der Waals surface area contributed by atoms with Crippen LogP contribution in [0.3, 0.4) is 0 Å². The normalized spacial score (nSPS) is 16.7. The monoisotopic (exact) mass is 526 g/mol. The van der Waals surface area contributed by atoms with Crippen molar-refractivity contribution >= 4 is 23.6 Å². The maximum atomic E-state index is 13.0. The summed E-state index contributed by atoms with van der Waals surface area (Å²) in [6.45, 7) is 0.947. The lowest BCUT2D eigenvalue weighted by molar-refractivity contribution is -0.142. The van der Waals surface area contributed by atoms with Crippen LogP contribution in [-0.4, -0.2) is 52.8 Å². The van der Waals surface area contributed by atoms with E-state index in [0.29, 0.717) is 37.1 Å². The Balaban J connectivity index is 1.32. The van der Waals surface area contributed by atoms with E-state index in [-0.39, 0.29) is 30.1 Å². The van der Waals surface area contributed by atoms with Gasteiger partial charge in [-0.1, -0.05) is 60.7 Å². The zero-order valence-corrected chi connectivity index (χ0v) is 21.8. The molecule has 0 aromatic heterocycles. The number of nitrogens with two attached hydrogens (primary N) is 1. The highest BCUT2D eigenvalue weighted by Gasteiger charge is 2.39. The van der Waals surface area contributed by atoms with Crippen LogP contribution in [0.2, 0.25) is 0 Å². The molecule has 3 aromatic carbocycles. The summed E-state index contributed by atoms with van der Waals surface area (Å²) in [6.07, 6.45) is 2.51. The lowest BCUT2D eigenvalue weighted by Crippen LogP contribution is -2.37. The van der Waals surface area contributed by atoms with Gasteiger partial charge in [0.05, 0.1) is 12.3 Å². The Kier molecular flexibility index (Phi) is 9.10. The van der Waals surface area contributed by atoms with Gasteiger partial charge in [-0.15, -0.1) is 0 Å². The first-order valence-electron chi connectivity index (χ1n) is 13.2. The van der Waals surface area contributed by atoms with Crippen LogP contribution in [-0.2, 0) is 16.0 Å². The fourth-order valence-corrected chi connectivity index (χ4v) is 5.15. The van der Waals surface area contributed by atoms with Crippen molar-refractivity contribution in [1.82, 2.24) is 10.2 Å². The summed E-state index contributed by atoms with van der Waals surface area (Å²) in [7, 11) is 0. The van der Waals surface area contributed by atoms with E-state index in [1.807, 2.05) is 53.4 Å². The summed E-state index contributed by atoms with van der Waals surface area (Å²) in [5, 5.41) is 19.8. The van der Waals surface area contributed by atoms with Crippen LogP contribution in [0.25, 0.3) is 11.1 Å². The number of nitrogens with zero attached hydrogens (tertiary/aromatic N) is 1. The van der Waals surface area contributed by atoms with Crippen molar-refractivity contribution in [3.63, 3.8) is 0 Å². The molecular weight excluding hydrogens is 492 g/mol. The number of aliphatic carboxylic acids is 1. The maximum Gasteiger partial charge on any atom is 0.304 e. The van der Waals surface area contributed by atoms with E-state index in [1.165, 1.54) is 5.56 Å². The largest absolute Gasteiger partial charge is 0.481 e. The van der Waals surface area contributed by atoms with Crippen LogP contribution in [0.5, 0.6) is 0 Å². The number of hydrogen-bond donors (Lipinski definition) is 4. The van der Waals surface area contributed by atoms with E-state index < -0.39 is 11.9 Å². The number of nitrogen functional groups attached to an aromatic ring is 1. The van der Waals surface area contributed by atoms with Crippen molar-refractivity contribution in [3.8, 4) is 11.1 Å². The Morgan fingerprint density at radius 1 is 0.974 bits per heavy atom. The van der Waals surface area contributed by atoms with Crippen LogP contribution in [0.1, 0.15) is 47.2 Å². The number of aryl methyl sites for hydroxylation is 1. The number of carboxylic acids is 1. The minimum Gasteiger partial charge on any atom is -0.481 e. The van der Waals surface area contributed by atoms with Gasteiger partial charge in [0.2, 0.25) is 5.91 Å². The molecule has 0 radical (unpaired) electrons. The molecule has 39 heavy (non-hydrogen) atoms. The highest BCUT2D eigenvalue weighted by atomic mass is 16.4. The molecule has 5 N–H and O–H groups in total. The molecular formula is C31H34N4O4. The second kappa shape index (κ2) is 12.9. The van der Waals surface area contributed by atoms with Gasteiger partial charge in [-0.3, -0.25) is 19.8 Å². The molecule has 3 aromatic rings. The second-order valence-corrected chi connectivity index (χ2v) is 9.92. The van der Waals surface area contributed by atoms with Crippen molar-refractivity contribution in [1.29, 1.82) is 5.41 Å². The Hall–Kier alpha value is -4.46. The molecule has 202 valence electrons. The summed E-state index contributed by atoms with van der Waals surface area (Å²) in [5.41, 5.74) is 9.77. The molecule has 8 nitrogen and oxygen atoms in total. The van der Waals surface area contributed by atoms with Gasteiger partial charge >= 0.3 is 5.97 Å². The molecule has 1 aliphatic heterocycles. The van der Waals surface area contributed by atoms with Crippen molar-refractivity contribution in [2.75, 3.05) is 13.1 Å². The average molecular weight is 527 g/mol. The highest BCUT2D eigenvalue weighted by Crippen LogP contribution is 2.29. The molecule has 4 rings (SSSR count). The molecule has 8 heteroatoms. The summed E-state index contributed by atoms with van der Waals surface area (Å²) in [6, 6.07) is 24.6. The van der Waals surface area contributed by atoms with Gasteiger partial charge in [0, 0.05) is 30.3 Å². The molecule has 0 bridgehead atoms. The van der Waals surface area contributed by atoms with E-state index >= 15 is 0 Å². The van der Waals surface area contributed by atoms with Gasteiger partial charge in [0.15, 0.2) is 0 Å². The zero-order chi connectivity index (χ0) is 27.8. The molecule has 0 saturated carbocycles. The van der Waals surface area contributed by atoms with Crippen LogP contribution in [0.4, 0.5) is 0 Å². The fraction of sp³-hybridized carbons (Fsp3) is 0.290. The predicted molar refractivity (Wildman–Crippen MR) is 150 cm³/mol. The quantitative estimate of drug-likeness (QED) is 0.208. The third-order valence-electron chi connectivity index (χ3n) is 7.18. The molecule has 2 amide bonds. The molecule has 1 aliphatic rings. The number of rotatable bonds is 12. The summed E-state index contributed by atoms with van der Waals surface area (Å²) >= 11 is 0. The first kappa shape index (κ1) is 27.6.